The number of hydrogen-bond donors (Lipinski definition) is 1. The zero-order valence-electron chi connectivity index (χ0n) is 7.36. The van der Waals surface area contributed by atoms with Gasteiger partial charge >= 0.3 is 0 Å². The van der Waals surface area contributed by atoms with Gasteiger partial charge in [0.2, 0.25) is 5.91 Å². The Morgan fingerprint density at radius 1 is 1.62 bits per heavy atom. The molecule has 0 aromatic carbocycles. The molecule has 6 heteroatoms. The molecule has 0 spiro atoms. The number of carbonyl (C=O) groups excluding carboxylic acids is 1. The molecule has 0 bridgehead atoms. The molecule has 1 unspecified atom stereocenters. The van der Waals surface area contributed by atoms with E-state index in [1.54, 1.807) is 0 Å². The standard InChI is InChI=1S/C7H10N2O2S2/c1-4-5(2)12-7(9-4)13(11)3-6(8)10/h3H2,1-2H3,(H2,8,10). The summed E-state index contributed by atoms with van der Waals surface area (Å²) in [6.07, 6.45) is 0. The number of aryl methyl sites for hydroxylation is 2. The van der Waals surface area contributed by atoms with Crippen LogP contribution in [0, 0.1) is 13.8 Å². The highest BCUT2D eigenvalue weighted by atomic mass is 32.2. The van der Waals surface area contributed by atoms with Gasteiger partial charge in [-0.05, 0) is 13.8 Å². The maximum absolute atomic E-state index is 11.4. The normalized spacial score (nSPS) is 12.8. The average molecular weight is 218 g/mol. The van der Waals surface area contributed by atoms with Crippen LogP contribution in [0.5, 0.6) is 0 Å². The lowest BCUT2D eigenvalue weighted by Crippen LogP contribution is -2.19. The second kappa shape index (κ2) is 3.97. The van der Waals surface area contributed by atoms with E-state index in [9.17, 15) is 9.00 Å². The second-order valence-electron chi connectivity index (χ2n) is 2.58. The first-order valence-electron chi connectivity index (χ1n) is 3.61. The lowest BCUT2D eigenvalue weighted by Gasteiger charge is -1.91. The highest BCUT2D eigenvalue weighted by Gasteiger charge is 2.12. The van der Waals surface area contributed by atoms with E-state index in [4.69, 9.17) is 5.73 Å². The molecule has 13 heavy (non-hydrogen) atoms. The third-order valence-electron chi connectivity index (χ3n) is 1.48. The van der Waals surface area contributed by atoms with Crippen molar-refractivity contribution in [3.05, 3.63) is 10.6 Å². The largest absolute Gasteiger partial charge is 0.369 e. The van der Waals surface area contributed by atoms with E-state index in [0.29, 0.717) is 4.34 Å². The van der Waals surface area contributed by atoms with E-state index >= 15 is 0 Å². The lowest BCUT2D eigenvalue weighted by molar-refractivity contribution is -0.115. The van der Waals surface area contributed by atoms with E-state index in [0.717, 1.165) is 10.6 Å². The minimum absolute atomic E-state index is 0.146. The quantitative estimate of drug-likeness (QED) is 0.795. The van der Waals surface area contributed by atoms with Gasteiger partial charge in [0, 0.05) is 4.88 Å². The first-order chi connectivity index (χ1) is 6.00. The van der Waals surface area contributed by atoms with E-state index in [1.807, 2.05) is 13.8 Å². The van der Waals surface area contributed by atoms with Crippen molar-refractivity contribution in [1.29, 1.82) is 0 Å². The van der Waals surface area contributed by atoms with Gasteiger partial charge in [0.1, 0.15) is 5.75 Å². The Kier molecular flexibility index (Phi) is 3.16. The highest BCUT2D eigenvalue weighted by molar-refractivity contribution is 7.87. The molecule has 0 saturated heterocycles. The number of thiazole rings is 1. The fourth-order valence-electron chi connectivity index (χ4n) is 0.732. The van der Waals surface area contributed by atoms with Crippen LogP contribution in [0.2, 0.25) is 0 Å². The van der Waals surface area contributed by atoms with E-state index in [-0.39, 0.29) is 5.75 Å². The molecule has 0 aliphatic carbocycles. The zero-order valence-corrected chi connectivity index (χ0v) is 9.00. The third kappa shape index (κ3) is 2.60. The van der Waals surface area contributed by atoms with Crippen LogP contribution in [0.4, 0.5) is 0 Å². The van der Waals surface area contributed by atoms with Gasteiger partial charge in [0.25, 0.3) is 0 Å². The van der Waals surface area contributed by atoms with Gasteiger partial charge in [-0.15, -0.1) is 11.3 Å². The second-order valence-corrected chi connectivity index (χ2v) is 5.41. The molecule has 1 rings (SSSR count). The van der Waals surface area contributed by atoms with Crippen molar-refractivity contribution in [3.8, 4) is 0 Å². The van der Waals surface area contributed by atoms with Crippen molar-refractivity contribution in [3.63, 3.8) is 0 Å². The summed E-state index contributed by atoms with van der Waals surface area (Å²) in [6, 6.07) is 0. The molecule has 0 aliphatic rings. The lowest BCUT2D eigenvalue weighted by atomic mass is 10.4. The summed E-state index contributed by atoms with van der Waals surface area (Å²) in [5.41, 5.74) is 5.78. The topological polar surface area (TPSA) is 73.1 Å². The first-order valence-corrected chi connectivity index (χ1v) is 5.75. The van der Waals surface area contributed by atoms with Gasteiger partial charge in [0.15, 0.2) is 4.34 Å². The Bertz CT molecular complexity index is 340. The van der Waals surface area contributed by atoms with E-state index in [2.05, 4.69) is 4.98 Å². The highest BCUT2D eigenvalue weighted by Crippen LogP contribution is 2.19. The van der Waals surface area contributed by atoms with Crippen molar-refractivity contribution >= 4 is 28.0 Å². The average Bonchev–Trinajstić information content (AvgIpc) is 2.31. The molecular weight excluding hydrogens is 208 g/mol. The van der Waals surface area contributed by atoms with Crippen LogP contribution in [0.15, 0.2) is 4.34 Å². The summed E-state index contributed by atoms with van der Waals surface area (Å²) in [7, 11) is -1.37. The Balaban J connectivity index is 2.83. The minimum Gasteiger partial charge on any atom is -0.369 e. The number of carbonyl (C=O) groups is 1. The summed E-state index contributed by atoms with van der Waals surface area (Å²) in [5.74, 6) is -0.712. The summed E-state index contributed by atoms with van der Waals surface area (Å²) in [4.78, 5) is 15.6. The van der Waals surface area contributed by atoms with Gasteiger partial charge in [-0.2, -0.15) is 0 Å². The van der Waals surface area contributed by atoms with Crippen molar-refractivity contribution < 1.29 is 9.00 Å². The Hall–Kier alpha value is -0.750. The van der Waals surface area contributed by atoms with Gasteiger partial charge in [0.05, 0.1) is 16.5 Å². The Labute approximate surface area is 82.6 Å². The number of hydrogen-bond acceptors (Lipinski definition) is 4. The summed E-state index contributed by atoms with van der Waals surface area (Å²) in [5, 5.41) is 0. The van der Waals surface area contributed by atoms with Crippen LogP contribution < -0.4 is 5.73 Å². The SMILES string of the molecule is Cc1nc(S(=O)CC(N)=O)sc1C. The fraction of sp³-hybridized carbons (Fsp3) is 0.429. The molecular formula is C7H10N2O2S2. The Morgan fingerprint density at radius 3 is 2.62 bits per heavy atom. The van der Waals surface area contributed by atoms with Gasteiger partial charge in [-0.3, -0.25) is 9.00 Å². The maximum atomic E-state index is 11.4. The van der Waals surface area contributed by atoms with Gasteiger partial charge in [-0.25, -0.2) is 4.98 Å². The Morgan fingerprint density at radius 2 is 2.23 bits per heavy atom. The zero-order chi connectivity index (χ0) is 10.0. The van der Waals surface area contributed by atoms with Gasteiger partial charge in [-0.1, -0.05) is 0 Å². The third-order valence-corrected chi connectivity index (χ3v) is 4.18. The van der Waals surface area contributed by atoms with Crippen LogP contribution in [0.25, 0.3) is 0 Å². The molecule has 4 nitrogen and oxygen atoms in total. The number of aromatic nitrogens is 1. The van der Waals surface area contributed by atoms with Crippen LogP contribution >= 0.6 is 11.3 Å². The predicted octanol–water partition coefficient (Wildman–Crippen LogP) is 0.353. The van der Waals surface area contributed by atoms with Crippen LogP contribution in [-0.4, -0.2) is 20.9 Å². The number of primary amides is 1. The number of nitrogens with two attached hydrogens (primary N) is 1. The first kappa shape index (κ1) is 10.3. The number of amides is 1. The van der Waals surface area contributed by atoms with Crippen molar-refractivity contribution in [2.75, 3.05) is 5.75 Å². The van der Waals surface area contributed by atoms with Gasteiger partial charge < -0.3 is 5.73 Å². The molecule has 1 aromatic rings. The fourth-order valence-corrected chi connectivity index (χ4v) is 2.91. The summed E-state index contributed by atoms with van der Waals surface area (Å²) >= 11 is 1.35. The van der Waals surface area contributed by atoms with Crippen LogP contribution in [-0.2, 0) is 15.6 Å². The molecule has 72 valence electrons. The molecule has 2 N–H and O–H groups in total. The van der Waals surface area contributed by atoms with Crippen molar-refractivity contribution in [2.24, 2.45) is 5.73 Å². The van der Waals surface area contributed by atoms with Crippen LogP contribution in [0.1, 0.15) is 10.6 Å². The molecule has 1 aromatic heterocycles. The van der Waals surface area contributed by atoms with Crippen molar-refractivity contribution in [1.82, 2.24) is 4.98 Å². The molecule has 0 radical (unpaired) electrons. The molecule has 0 aliphatic heterocycles. The number of nitrogens with zero attached hydrogens (tertiary/aromatic N) is 1. The minimum atomic E-state index is -1.37. The molecule has 1 heterocycles. The molecule has 1 atom stereocenters. The summed E-state index contributed by atoms with van der Waals surface area (Å²) < 4.78 is 11.9. The predicted molar refractivity (Wildman–Crippen MR) is 52.1 cm³/mol. The van der Waals surface area contributed by atoms with Crippen molar-refractivity contribution in [2.45, 2.75) is 18.2 Å². The molecule has 1 amide bonds. The maximum Gasteiger partial charge on any atom is 0.230 e. The smallest absolute Gasteiger partial charge is 0.230 e. The van der Waals surface area contributed by atoms with E-state index in [1.165, 1.54) is 11.3 Å². The molecule has 0 fully saturated rings. The van der Waals surface area contributed by atoms with E-state index < -0.39 is 16.7 Å². The molecule has 0 saturated carbocycles. The number of rotatable bonds is 3. The van der Waals surface area contributed by atoms with Crippen LogP contribution in [0.3, 0.4) is 0 Å². The monoisotopic (exact) mass is 218 g/mol. The summed E-state index contributed by atoms with van der Waals surface area (Å²) in [6.45, 7) is 3.74.